The molecule has 0 aromatic heterocycles. The SMILES string of the molecule is CCCC/C(=C/S(=O)(=O)C(F)(F)F)N1CCCC1. The van der Waals surface area contributed by atoms with Crippen LogP contribution < -0.4 is 0 Å². The second-order valence-electron chi connectivity index (χ2n) is 4.40. The highest BCUT2D eigenvalue weighted by molar-refractivity contribution is 7.95. The average Bonchev–Trinajstić information content (AvgIpc) is 2.75. The Kier molecular flexibility index (Phi) is 5.07. The van der Waals surface area contributed by atoms with E-state index in [9.17, 15) is 21.6 Å². The Morgan fingerprint density at radius 3 is 2.28 bits per heavy atom. The van der Waals surface area contributed by atoms with E-state index in [1.54, 1.807) is 4.90 Å². The molecule has 0 aliphatic carbocycles. The molecule has 1 heterocycles. The van der Waals surface area contributed by atoms with Crippen LogP contribution in [-0.2, 0) is 9.84 Å². The molecule has 0 atom stereocenters. The van der Waals surface area contributed by atoms with Crippen molar-refractivity contribution >= 4 is 9.84 Å². The van der Waals surface area contributed by atoms with Gasteiger partial charge >= 0.3 is 5.51 Å². The van der Waals surface area contributed by atoms with Crippen molar-refractivity contribution < 1.29 is 21.6 Å². The van der Waals surface area contributed by atoms with E-state index >= 15 is 0 Å². The van der Waals surface area contributed by atoms with Gasteiger partial charge in [-0.2, -0.15) is 13.2 Å². The number of rotatable bonds is 5. The zero-order chi connectivity index (χ0) is 13.8. The minimum atomic E-state index is -5.20. The lowest BCUT2D eigenvalue weighted by Gasteiger charge is -2.21. The zero-order valence-electron chi connectivity index (χ0n) is 10.3. The van der Waals surface area contributed by atoms with E-state index in [4.69, 9.17) is 0 Å². The summed E-state index contributed by atoms with van der Waals surface area (Å²) in [6, 6.07) is 0. The number of unbranched alkanes of at least 4 members (excludes halogenated alkanes) is 1. The summed E-state index contributed by atoms with van der Waals surface area (Å²) in [7, 11) is -5.17. The van der Waals surface area contributed by atoms with Crippen molar-refractivity contribution in [3.8, 4) is 0 Å². The number of nitrogens with zero attached hydrogens (tertiary/aromatic N) is 1. The molecule has 1 aliphatic heterocycles. The maximum Gasteiger partial charge on any atom is 0.501 e. The molecule has 1 fully saturated rings. The molecule has 7 heteroatoms. The van der Waals surface area contributed by atoms with Crippen molar-refractivity contribution in [2.24, 2.45) is 0 Å². The Bertz CT molecular complexity index is 395. The Balaban J connectivity index is 2.94. The number of hydrogen-bond acceptors (Lipinski definition) is 3. The third-order valence-corrected chi connectivity index (χ3v) is 4.14. The van der Waals surface area contributed by atoms with Crippen molar-refractivity contribution in [2.45, 2.75) is 44.5 Å². The van der Waals surface area contributed by atoms with Gasteiger partial charge in [-0.05, 0) is 25.7 Å². The summed E-state index contributed by atoms with van der Waals surface area (Å²) in [4.78, 5) is 1.75. The summed E-state index contributed by atoms with van der Waals surface area (Å²) in [5.74, 6) is 0. The van der Waals surface area contributed by atoms with Crippen LogP contribution in [0.25, 0.3) is 0 Å². The summed E-state index contributed by atoms with van der Waals surface area (Å²) in [5, 5.41) is 0.411. The topological polar surface area (TPSA) is 37.4 Å². The first-order chi connectivity index (χ1) is 8.28. The first-order valence-electron chi connectivity index (χ1n) is 6.05. The Morgan fingerprint density at radius 1 is 1.28 bits per heavy atom. The van der Waals surface area contributed by atoms with Gasteiger partial charge in [0.05, 0.1) is 5.41 Å². The van der Waals surface area contributed by atoms with Gasteiger partial charge in [-0.3, -0.25) is 0 Å². The molecule has 3 nitrogen and oxygen atoms in total. The van der Waals surface area contributed by atoms with Gasteiger partial charge in [0.2, 0.25) is 0 Å². The largest absolute Gasteiger partial charge is 0.501 e. The predicted molar refractivity (Wildman–Crippen MR) is 63.4 cm³/mol. The fourth-order valence-electron chi connectivity index (χ4n) is 1.90. The lowest BCUT2D eigenvalue weighted by atomic mass is 10.2. The second-order valence-corrected chi connectivity index (χ2v) is 6.19. The van der Waals surface area contributed by atoms with Crippen LogP contribution in [-0.4, -0.2) is 31.9 Å². The molecule has 0 aromatic carbocycles. The molecule has 1 aliphatic rings. The number of alkyl halides is 3. The van der Waals surface area contributed by atoms with Crippen LogP contribution in [0.2, 0.25) is 0 Å². The summed E-state index contributed by atoms with van der Waals surface area (Å²) >= 11 is 0. The first kappa shape index (κ1) is 15.3. The maximum atomic E-state index is 12.4. The van der Waals surface area contributed by atoms with Crippen molar-refractivity contribution in [1.29, 1.82) is 0 Å². The van der Waals surface area contributed by atoms with Crippen LogP contribution in [0.15, 0.2) is 11.1 Å². The maximum absolute atomic E-state index is 12.4. The minimum Gasteiger partial charge on any atom is -0.374 e. The number of hydrogen-bond donors (Lipinski definition) is 0. The van der Waals surface area contributed by atoms with Crippen LogP contribution in [0.3, 0.4) is 0 Å². The molecule has 0 saturated carbocycles. The number of allylic oxidation sites excluding steroid dienone is 1. The lowest BCUT2D eigenvalue weighted by molar-refractivity contribution is -0.0424. The average molecular weight is 285 g/mol. The van der Waals surface area contributed by atoms with Crippen molar-refractivity contribution in [3.05, 3.63) is 11.1 Å². The van der Waals surface area contributed by atoms with Gasteiger partial charge in [0.1, 0.15) is 0 Å². The van der Waals surface area contributed by atoms with E-state index < -0.39 is 15.3 Å². The van der Waals surface area contributed by atoms with E-state index in [1.807, 2.05) is 6.92 Å². The Hall–Kier alpha value is -0.720. The highest BCUT2D eigenvalue weighted by atomic mass is 32.2. The Morgan fingerprint density at radius 2 is 1.83 bits per heavy atom. The van der Waals surface area contributed by atoms with E-state index in [0.717, 1.165) is 19.3 Å². The molecule has 0 N–H and O–H groups in total. The summed E-state index contributed by atoms with van der Waals surface area (Å²) in [6.45, 7) is 3.20. The van der Waals surface area contributed by atoms with Crippen molar-refractivity contribution in [2.75, 3.05) is 13.1 Å². The smallest absolute Gasteiger partial charge is 0.374 e. The molecule has 1 rings (SSSR count). The first-order valence-corrected chi connectivity index (χ1v) is 7.59. The fourth-order valence-corrected chi connectivity index (χ4v) is 2.66. The van der Waals surface area contributed by atoms with Gasteiger partial charge in [0.25, 0.3) is 9.84 Å². The van der Waals surface area contributed by atoms with E-state index in [2.05, 4.69) is 0 Å². The summed E-state index contributed by atoms with van der Waals surface area (Å²) < 4.78 is 59.4. The molecule has 18 heavy (non-hydrogen) atoms. The van der Waals surface area contributed by atoms with E-state index in [-0.39, 0.29) is 0 Å². The normalized spacial score (nSPS) is 18.4. The molecule has 0 aromatic rings. The number of halogens is 3. The lowest BCUT2D eigenvalue weighted by Crippen LogP contribution is -2.25. The Labute approximate surface area is 106 Å². The monoisotopic (exact) mass is 285 g/mol. The second kappa shape index (κ2) is 5.95. The van der Waals surface area contributed by atoms with Gasteiger partial charge in [-0.15, -0.1) is 0 Å². The molecule has 0 spiro atoms. The van der Waals surface area contributed by atoms with Crippen LogP contribution in [0.1, 0.15) is 39.0 Å². The van der Waals surface area contributed by atoms with Gasteiger partial charge in [0, 0.05) is 18.8 Å². The fraction of sp³-hybridized carbons (Fsp3) is 0.818. The van der Waals surface area contributed by atoms with Gasteiger partial charge in [-0.25, -0.2) is 8.42 Å². The molecule has 1 saturated heterocycles. The van der Waals surface area contributed by atoms with Crippen molar-refractivity contribution in [1.82, 2.24) is 4.90 Å². The number of sulfone groups is 1. The summed E-state index contributed by atoms with van der Waals surface area (Å²) in [6.07, 6.45) is 3.68. The third kappa shape index (κ3) is 3.90. The van der Waals surface area contributed by atoms with Crippen LogP contribution in [0, 0.1) is 0 Å². The predicted octanol–water partition coefficient (Wildman–Crippen LogP) is 3.05. The molecule has 0 bridgehead atoms. The molecule has 0 amide bonds. The van der Waals surface area contributed by atoms with Gasteiger partial charge in [-0.1, -0.05) is 13.3 Å². The zero-order valence-corrected chi connectivity index (χ0v) is 11.1. The van der Waals surface area contributed by atoms with Crippen LogP contribution in [0.5, 0.6) is 0 Å². The van der Waals surface area contributed by atoms with Crippen LogP contribution in [0.4, 0.5) is 13.2 Å². The quantitative estimate of drug-likeness (QED) is 0.779. The van der Waals surface area contributed by atoms with E-state index in [0.29, 0.717) is 37.0 Å². The van der Waals surface area contributed by atoms with E-state index in [1.165, 1.54) is 0 Å². The molecular formula is C11H18F3NO2S. The minimum absolute atomic E-state index is 0.298. The van der Waals surface area contributed by atoms with Crippen LogP contribution >= 0.6 is 0 Å². The highest BCUT2D eigenvalue weighted by Crippen LogP contribution is 2.28. The molecule has 106 valence electrons. The highest BCUT2D eigenvalue weighted by Gasteiger charge is 2.44. The summed E-state index contributed by atoms with van der Waals surface area (Å²) in [5.41, 5.74) is -4.91. The third-order valence-electron chi connectivity index (χ3n) is 2.91. The van der Waals surface area contributed by atoms with Gasteiger partial charge in [0.15, 0.2) is 0 Å². The van der Waals surface area contributed by atoms with Gasteiger partial charge < -0.3 is 4.90 Å². The number of likely N-dealkylation sites (tertiary alicyclic amines) is 1. The molecule has 0 radical (unpaired) electrons. The standard InChI is InChI=1S/C11H18F3NO2S/c1-2-3-6-10(15-7-4-5-8-15)9-18(16,17)11(12,13)14/h9H,2-8H2,1H3/b10-9-. The molecular weight excluding hydrogens is 267 g/mol. The molecule has 0 unspecified atom stereocenters. The van der Waals surface area contributed by atoms with Crippen molar-refractivity contribution in [3.63, 3.8) is 0 Å².